The Kier molecular flexibility index (Phi) is 2.33. The Morgan fingerprint density at radius 2 is 2.00 bits per heavy atom. The summed E-state index contributed by atoms with van der Waals surface area (Å²) in [6, 6.07) is 8.18. The summed E-state index contributed by atoms with van der Waals surface area (Å²) in [5.41, 5.74) is 7.80. The van der Waals surface area contributed by atoms with E-state index in [1.807, 2.05) is 29.8 Å². The van der Waals surface area contributed by atoms with Crippen LogP contribution in [0.1, 0.15) is 11.4 Å². The molecule has 0 aliphatic carbocycles. The van der Waals surface area contributed by atoms with E-state index < -0.39 is 0 Å². The Morgan fingerprint density at radius 1 is 1.29 bits per heavy atom. The maximum Gasteiger partial charge on any atom is 0.110 e. The summed E-state index contributed by atoms with van der Waals surface area (Å²) in [5.74, 6) is 0.991. The van der Waals surface area contributed by atoms with Gasteiger partial charge in [0.05, 0.1) is 0 Å². The van der Waals surface area contributed by atoms with Crippen LogP contribution in [0.2, 0.25) is 0 Å². The van der Waals surface area contributed by atoms with E-state index in [9.17, 15) is 0 Å². The summed E-state index contributed by atoms with van der Waals surface area (Å²) in [6.07, 6.45) is 3.75. The highest BCUT2D eigenvalue weighted by Gasteiger charge is 1.99. The van der Waals surface area contributed by atoms with E-state index >= 15 is 0 Å². The fraction of sp³-hybridized carbons (Fsp3) is 0.182. The highest BCUT2D eigenvalue weighted by molar-refractivity contribution is 5.35. The average Bonchev–Trinajstić information content (AvgIpc) is 2.65. The second kappa shape index (κ2) is 3.64. The summed E-state index contributed by atoms with van der Waals surface area (Å²) in [4.78, 5) is 4.17. The first-order valence-corrected chi connectivity index (χ1v) is 4.60. The number of rotatable bonds is 2. The van der Waals surface area contributed by atoms with Crippen LogP contribution in [0, 0.1) is 6.92 Å². The first kappa shape index (κ1) is 8.97. The zero-order chi connectivity index (χ0) is 9.97. The largest absolute Gasteiger partial charge is 0.326 e. The van der Waals surface area contributed by atoms with Crippen LogP contribution < -0.4 is 5.73 Å². The molecule has 0 unspecified atom stereocenters. The summed E-state index contributed by atoms with van der Waals surface area (Å²) < 4.78 is 2.04. The maximum absolute atomic E-state index is 5.53. The van der Waals surface area contributed by atoms with Crippen molar-refractivity contribution < 1.29 is 0 Å². The molecule has 1 aromatic heterocycles. The SMILES string of the molecule is Cc1nccn1-c1ccc(CN)cc1. The van der Waals surface area contributed by atoms with Crippen LogP contribution in [0.4, 0.5) is 0 Å². The van der Waals surface area contributed by atoms with E-state index in [0.717, 1.165) is 17.1 Å². The predicted molar refractivity (Wildman–Crippen MR) is 56.2 cm³/mol. The van der Waals surface area contributed by atoms with Gasteiger partial charge in [-0.1, -0.05) is 12.1 Å². The van der Waals surface area contributed by atoms with Gasteiger partial charge in [-0.25, -0.2) is 4.98 Å². The molecule has 0 bridgehead atoms. The number of imidazole rings is 1. The molecular weight excluding hydrogens is 174 g/mol. The molecule has 1 heterocycles. The number of hydrogen-bond acceptors (Lipinski definition) is 2. The zero-order valence-electron chi connectivity index (χ0n) is 8.14. The number of benzene rings is 1. The normalized spacial score (nSPS) is 10.4. The lowest BCUT2D eigenvalue weighted by Crippen LogP contribution is -1.98. The quantitative estimate of drug-likeness (QED) is 0.776. The number of nitrogens with two attached hydrogens (primary N) is 1. The Morgan fingerprint density at radius 3 is 2.50 bits per heavy atom. The molecule has 0 atom stereocenters. The third-order valence-electron chi connectivity index (χ3n) is 2.28. The molecule has 0 amide bonds. The van der Waals surface area contributed by atoms with E-state index in [2.05, 4.69) is 17.1 Å². The minimum absolute atomic E-state index is 0.586. The van der Waals surface area contributed by atoms with Gasteiger partial charge in [0.1, 0.15) is 5.82 Å². The Balaban J connectivity index is 2.39. The fourth-order valence-corrected chi connectivity index (χ4v) is 1.44. The Hall–Kier alpha value is -1.61. The summed E-state index contributed by atoms with van der Waals surface area (Å²) in [7, 11) is 0. The van der Waals surface area contributed by atoms with Gasteiger partial charge < -0.3 is 10.3 Å². The highest BCUT2D eigenvalue weighted by Crippen LogP contribution is 2.11. The molecular formula is C11H13N3. The minimum atomic E-state index is 0.586. The smallest absolute Gasteiger partial charge is 0.110 e. The van der Waals surface area contributed by atoms with E-state index in [1.165, 1.54) is 0 Å². The van der Waals surface area contributed by atoms with Gasteiger partial charge in [0, 0.05) is 24.6 Å². The summed E-state index contributed by atoms with van der Waals surface area (Å²) >= 11 is 0. The predicted octanol–water partition coefficient (Wildman–Crippen LogP) is 1.64. The van der Waals surface area contributed by atoms with Gasteiger partial charge in [-0.3, -0.25) is 0 Å². The lowest BCUT2D eigenvalue weighted by Gasteiger charge is -2.05. The lowest BCUT2D eigenvalue weighted by molar-refractivity contribution is 0.970. The molecule has 1 aromatic carbocycles. The van der Waals surface area contributed by atoms with Crippen molar-refractivity contribution >= 4 is 0 Å². The number of nitrogens with zero attached hydrogens (tertiary/aromatic N) is 2. The third-order valence-corrected chi connectivity index (χ3v) is 2.28. The van der Waals surface area contributed by atoms with Gasteiger partial charge in [0.25, 0.3) is 0 Å². The van der Waals surface area contributed by atoms with Crippen molar-refractivity contribution in [3.63, 3.8) is 0 Å². The van der Waals surface area contributed by atoms with Crippen molar-refractivity contribution in [2.45, 2.75) is 13.5 Å². The van der Waals surface area contributed by atoms with Crippen LogP contribution >= 0.6 is 0 Å². The molecule has 0 aliphatic heterocycles. The fourth-order valence-electron chi connectivity index (χ4n) is 1.44. The Labute approximate surface area is 83.2 Å². The molecule has 72 valence electrons. The first-order chi connectivity index (χ1) is 6.81. The molecule has 0 radical (unpaired) electrons. The van der Waals surface area contributed by atoms with Crippen molar-refractivity contribution in [3.8, 4) is 5.69 Å². The van der Waals surface area contributed by atoms with Crippen molar-refractivity contribution in [3.05, 3.63) is 48.0 Å². The van der Waals surface area contributed by atoms with Crippen LogP contribution in [-0.4, -0.2) is 9.55 Å². The molecule has 14 heavy (non-hydrogen) atoms. The lowest BCUT2D eigenvalue weighted by atomic mass is 10.2. The molecule has 0 spiro atoms. The zero-order valence-corrected chi connectivity index (χ0v) is 8.14. The standard InChI is InChI=1S/C11H13N3/c1-9-13-6-7-14(9)11-4-2-10(8-12)3-5-11/h2-7H,8,12H2,1H3. The van der Waals surface area contributed by atoms with Crippen molar-refractivity contribution in [1.29, 1.82) is 0 Å². The minimum Gasteiger partial charge on any atom is -0.326 e. The molecule has 0 fully saturated rings. The van der Waals surface area contributed by atoms with Gasteiger partial charge >= 0.3 is 0 Å². The number of aromatic nitrogens is 2. The maximum atomic E-state index is 5.53. The molecule has 2 aromatic rings. The first-order valence-electron chi connectivity index (χ1n) is 4.60. The summed E-state index contributed by atoms with van der Waals surface area (Å²) in [5, 5.41) is 0. The van der Waals surface area contributed by atoms with Crippen LogP contribution in [0.3, 0.4) is 0 Å². The van der Waals surface area contributed by atoms with Gasteiger partial charge in [-0.2, -0.15) is 0 Å². The van der Waals surface area contributed by atoms with Crippen LogP contribution in [0.5, 0.6) is 0 Å². The van der Waals surface area contributed by atoms with Crippen molar-refractivity contribution in [1.82, 2.24) is 9.55 Å². The Bertz CT molecular complexity index is 414. The van der Waals surface area contributed by atoms with Crippen LogP contribution in [-0.2, 0) is 6.54 Å². The number of hydrogen-bond donors (Lipinski definition) is 1. The molecule has 3 heteroatoms. The van der Waals surface area contributed by atoms with Gasteiger partial charge in [-0.05, 0) is 24.6 Å². The average molecular weight is 187 g/mol. The van der Waals surface area contributed by atoms with Gasteiger partial charge in [0.15, 0.2) is 0 Å². The second-order valence-electron chi connectivity index (χ2n) is 3.22. The summed E-state index contributed by atoms with van der Waals surface area (Å²) in [6.45, 7) is 2.57. The van der Waals surface area contributed by atoms with Crippen molar-refractivity contribution in [2.75, 3.05) is 0 Å². The van der Waals surface area contributed by atoms with Crippen LogP contribution in [0.25, 0.3) is 5.69 Å². The molecule has 0 aliphatic rings. The molecule has 0 saturated heterocycles. The highest BCUT2D eigenvalue weighted by atomic mass is 15.1. The van der Waals surface area contributed by atoms with E-state index in [0.29, 0.717) is 6.54 Å². The molecule has 0 saturated carbocycles. The van der Waals surface area contributed by atoms with Gasteiger partial charge in [-0.15, -0.1) is 0 Å². The topological polar surface area (TPSA) is 43.8 Å². The van der Waals surface area contributed by atoms with Gasteiger partial charge in [0.2, 0.25) is 0 Å². The molecule has 3 nitrogen and oxygen atoms in total. The van der Waals surface area contributed by atoms with Crippen molar-refractivity contribution in [2.24, 2.45) is 5.73 Å². The third kappa shape index (κ3) is 1.54. The van der Waals surface area contributed by atoms with Crippen LogP contribution in [0.15, 0.2) is 36.7 Å². The number of aryl methyl sites for hydroxylation is 1. The van der Waals surface area contributed by atoms with E-state index in [4.69, 9.17) is 5.73 Å². The molecule has 2 rings (SSSR count). The monoisotopic (exact) mass is 187 g/mol. The van der Waals surface area contributed by atoms with E-state index in [1.54, 1.807) is 6.20 Å². The van der Waals surface area contributed by atoms with E-state index in [-0.39, 0.29) is 0 Å². The molecule has 2 N–H and O–H groups in total. The second-order valence-corrected chi connectivity index (χ2v) is 3.22.